The van der Waals surface area contributed by atoms with Crippen molar-refractivity contribution in [2.45, 2.75) is 29.4 Å². The van der Waals surface area contributed by atoms with E-state index in [0.717, 1.165) is 23.3 Å². The molecule has 0 bridgehead atoms. The van der Waals surface area contributed by atoms with Crippen LogP contribution in [0.1, 0.15) is 36.1 Å². The lowest BCUT2D eigenvalue weighted by atomic mass is 10.00. The molecule has 148 valence electrons. The van der Waals surface area contributed by atoms with Crippen molar-refractivity contribution in [1.29, 1.82) is 0 Å². The minimum atomic E-state index is -3.59. The zero-order chi connectivity index (χ0) is 19.7. The number of sulfonamides is 1. The van der Waals surface area contributed by atoms with E-state index in [4.69, 9.17) is 16.0 Å². The lowest BCUT2D eigenvalue weighted by Gasteiger charge is -2.29. The average molecular weight is 442 g/mol. The van der Waals surface area contributed by atoms with Crippen molar-refractivity contribution in [2.75, 3.05) is 13.1 Å². The van der Waals surface area contributed by atoms with Crippen LogP contribution in [-0.4, -0.2) is 36.0 Å². The first-order valence-corrected chi connectivity index (χ1v) is 11.4. The number of rotatable bonds is 5. The van der Waals surface area contributed by atoms with E-state index >= 15 is 0 Å². The number of piperidine rings is 1. The van der Waals surface area contributed by atoms with Crippen LogP contribution in [0.2, 0.25) is 4.34 Å². The van der Waals surface area contributed by atoms with Gasteiger partial charge in [-0.3, -0.25) is 0 Å². The number of hydrogen-bond acceptors (Lipinski definition) is 6. The van der Waals surface area contributed by atoms with E-state index in [9.17, 15) is 12.8 Å². The van der Waals surface area contributed by atoms with Crippen molar-refractivity contribution in [3.8, 4) is 0 Å². The summed E-state index contributed by atoms with van der Waals surface area (Å²) in [6, 6.07) is 9.21. The number of thiophene rings is 1. The molecule has 0 amide bonds. The van der Waals surface area contributed by atoms with Gasteiger partial charge in [0.15, 0.2) is 0 Å². The molecule has 28 heavy (non-hydrogen) atoms. The van der Waals surface area contributed by atoms with E-state index in [0.29, 0.717) is 35.5 Å². The number of aromatic nitrogens is 2. The van der Waals surface area contributed by atoms with Gasteiger partial charge in [-0.25, -0.2) is 12.8 Å². The van der Waals surface area contributed by atoms with Gasteiger partial charge in [0.25, 0.3) is 10.0 Å². The van der Waals surface area contributed by atoms with Crippen molar-refractivity contribution >= 4 is 33.0 Å². The second-order valence-corrected chi connectivity index (χ2v) is 10.5. The summed E-state index contributed by atoms with van der Waals surface area (Å²) < 4.78 is 46.6. The normalized spacial score (nSPS) is 18.4. The van der Waals surface area contributed by atoms with Crippen LogP contribution in [0.3, 0.4) is 0 Å². The third-order valence-corrected chi connectivity index (χ3v) is 8.19. The predicted octanol–water partition coefficient (Wildman–Crippen LogP) is 4.08. The number of nitrogens with zero attached hydrogens (tertiary/aromatic N) is 3. The molecule has 3 aromatic rings. The molecule has 1 saturated heterocycles. The fraction of sp³-hybridized carbons (Fsp3) is 0.333. The number of benzene rings is 1. The summed E-state index contributed by atoms with van der Waals surface area (Å²) in [6.45, 7) is 0.737. The SMILES string of the molecule is O=S(=O)(c1ccc(Cl)s1)N1CCCC(c2nnc(Cc3ccc(F)cc3)o2)C1. The zero-order valence-corrected chi connectivity index (χ0v) is 17.1. The van der Waals surface area contributed by atoms with Crippen LogP contribution in [0.4, 0.5) is 4.39 Å². The molecule has 0 spiro atoms. The Kier molecular flexibility index (Phi) is 5.50. The van der Waals surface area contributed by atoms with Crippen molar-refractivity contribution < 1.29 is 17.2 Å². The Hall–Kier alpha value is -1.81. The molecule has 4 rings (SSSR count). The maximum Gasteiger partial charge on any atom is 0.252 e. The van der Waals surface area contributed by atoms with E-state index in [2.05, 4.69) is 10.2 Å². The largest absolute Gasteiger partial charge is 0.425 e. The minimum Gasteiger partial charge on any atom is -0.425 e. The Labute approximate surface area is 171 Å². The average Bonchev–Trinajstić information content (AvgIpc) is 3.33. The maximum atomic E-state index is 13.0. The van der Waals surface area contributed by atoms with Gasteiger partial charge >= 0.3 is 0 Å². The predicted molar refractivity (Wildman–Crippen MR) is 104 cm³/mol. The van der Waals surface area contributed by atoms with Crippen LogP contribution >= 0.6 is 22.9 Å². The van der Waals surface area contributed by atoms with Gasteiger partial charge in [0, 0.05) is 13.1 Å². The quantitative estimate of drug-likeness (QED) is 0.596. The third kappa shape index (κ3) is 4.12. The molecule has 1 atom stereocenters. The summed E-state index contributed by atoms with van der Waals surface area (Å²) >= 11 is 6.94. The molecule has 0 radical (unpaired) electrons. The molecular weight excluding hydrogens is 425 g/mol. The molecule has 1 fully saturated rings. The molecule has 1 aliphatic heterocycles. The molecule has 1 unspecified atom stereocenters. The minimum absolute atomic E-state index is 0.159. The van der Waals surface area contributed by atoms with E-state index in [1.54, 1.807) is 18.2 Å². The molecule has 3 heterocycles. The van der Waals surface area contributed by atoms with Crippen molar-refractivity contribution in [2.24, 2.45) is 0 Å². The Balaban J connectivity index is 1.48. The van der Waals surface area contributed by atoms with E-state index in [-0.39, 0.29) is 22.5 Å². The molecule has 0 aliphatic carbocycles. The van der Waals surface area contributed by atoms with Gasteiger partial charge in [-0.15, -0.1) is 21.5 Å². The standard InChI is InChI=1S/C18H17ClFN3O3S2/c19-15-7-8-17(27-15)28(24,25)23-9-1-2-13(11-23)18-22-21-16(26-18)10-12-3-5-14(20)6-4-12/h3-8,13H,1-2,9-11H2. The third-order valence-electron chi connectivity index (χ3n) is 4.63. The van der Waals surface area contributed by atoms with Gasteiger partial charge in [0.2, 0.25) is 11.8 Å². The van der Waals surface area contributed by atoms with Gasteiger partial charge in [-0.05, 0) is 42.7 Å². The lowest BCUT2D eigenvalue weighted by molar-refractivity contribution is 0.282. The first-order valence-electron chi connectivity index (χ1n) is 8.74. The van der Waals surface area contributed by atoms with Gasteiger partial charge in [-0.1, -0.05) is 23.7 Å². The Morgan fingerprint density at radius 3 is 2.71 bits per heavy atom. The number of halogens is 2. The van der Waals surface area contributed by atoms with E-state index in [1.165, 1.54) is 22.5 Å². The smallest absolute Gasteiger partial charge is 0.252 e. The lowest BCUT2D eigenvalue weighted by Crippen LogP contribution is -2.38. The molecule has 0 N–H and O–H groups in total. The van der Waals surface area contributed by atoms with Crippen LogP contribution < -0.4 is 0 Å². The fourth-order valence-electron chi connectivity index (χ4n) is 3.21. The van der Waals surface area contributed by atoms with Crippen LogP contribution in [0.15, 0.2) is 45.0 Å². The summed E-state index contributed by atoms with van der Waals surface area (Å²) in [5, 5.41) is 8.18. The molecule has 6 nitrogen and oxygen atoms in total. The van der Waals surface area contributed by atoms with E-state index < -0.39 is 10.0 Å². The highest BCUT2D eigenvalue weighted by Gasteiger charge is 2.34. The molecule has 1 aromatic carbocycles. The highest BCUT2D eigenvalue weighted by molar-refractivity contribution is 7.91. The first-order chi connectivity index (χ1) is 13.4. The van der Waals surface area contributed by atoms with Gasteiger partial charge in [0.1, 0.15) is 10.0 Å². The van der Waals surface area contributed by atoms with Crippen LogP contribution in [0, 0.1) is 5.82 Å². The topological polar surface area (TPSA) is 76.3 Å². The summed E-state index contributed by atoms with van der Waals surface area (Å²) in [7, 11) is -3.59. The monoisotopic (exact) mass is 441 g/mol. The Bertz CT molecular complexity index is 1070. The van der Waals surface area contributed by atoms with Crippen LogP contribution in [0.25, 0.3) is 0 Å². The molecule has 2 aromatic heterocycles. The highest BCUT2D eigenvalue weighted by atomic mass is 35.5. The van der Waals surface area contributed by atoms with Crippen molar-refractivity contribution in [3.63, 3.8) is 0 Å². The van der Waals surface area contributed by atoms with E-state index in [1.807, 2.05) is 0 Å². The second kappa shape index (κ2) is 7.90. The van der Waals surface area contributed by atoms with Gasteiger partial charge in [0.05, 0.1) is 16.7 Å². The van der Waals surface area contributed by atoms with Crippen molar-refractivity contribution in [3.05, 3.63) is 63.9 Å². The van der Waals surface area contributed by atoms with Crippen LogP contribution in [0.5, 0.6) is 0 Å². The Morgan fingerprint density at radius 1 is 1.21 bits per heavy atom. The molecule has 1 aliphatic rings. The van der Waals surface area contributed by atoms with Gasteiger partial charge < -0.3 is 4.42 Å². The Morgan fingerprint density at radius 2 is 2.00 bits per heavy atom. The first kappa shape index (κ1) is 19.5. The zero-order valence-electron chi connectivity index (χ0n) is 14.7. The highest BCUT2D eigenvalue weighted by Crippen LogP contribution is 2.33. The van der Waals surface area contributed by atoms with Crippen molar-refractivity contribution in [1.82, 2.24) is 14.5 Å². The summed E-state index contributed by atoms with van der Waals surface area (Å²) in [5.74, 6) is 0.395. The molecule has 10 heteroatoms. The molecule has 0 saturated carbocycles. The second-order valence-electron chi connectivity index (χ2n) is 6.60. The summed E-state index contributed by atoms with van der Waals surface area (Å²) in [6.07, 6.45) is 1.88. The number of hydrogen-bond donors (Lipinski definition) is 0. The molecular formula is C18H17ClFN3O3S2. The maximum absolute atomic E-state index is 13.0. The fourth-order valence-corrected chi connectivity index (χ4v) is 6.37. The summed E-state index contributed by atoms with van der Waals surface area (Å²) in [4.78, 5) is 0. The van der Waals surface area contributed by atoms with Crippen LogP contribution in [-0.2, 0) is 16.4 Å². The summed E-state index contributed by atoms with van der Waals surface area (Å²) in [5.41, 5.74) is 0.860. The van der Waals surface area contributed by atoms with Gasteiger partial charge in [-0.2, -0.15) is 4.31 Å².